The number of benzene rings is 2. The number of carbonyl (C=O) groups excluding carboxylic acids is 2. The third-order valence-electron chi connectivity index (χ3n) is 3.45. The second-order valence-corrected chi connectivity index (χ2v) is 5.95. The van der Waals surface area contributed by atoms with Crippen molar-refractivity contribution < 1.29 is 28.2 Å². The van der Waals surface area contributed by atoms with Gasteiger partial charge >= 0.3 is 5.97 Å². The van der Waals surface area contributed by atoms with E-state index in [0.29, 0.717) is 17.1 Å². The molecule has 0 aliphatic rings. The number of ketones is 1. The summed E-state index contributed by atoms with van der Waals surface area (Å²) in [6, 6.07) is 10.4. The molecule has 0 fully saturated rings. The summed E-state index contributed by atoms with van der Waals surface area (Å²) in [7, 11) is 1.53. The van der Waals surface area contributed by atoms with Gasteiger partial charge in [0, 0.05) is 11.6 Å². The van der Waals surface area contributed by atoms with Crippen molar-refractivity contribution in [2.24, 2.45) is 0 Å². The molecular formula is C21H21FO5. The highest BCUT2D eigenvalue weighted by atomic mass is 19.1. The summed E-state index contributed by atoms with van der Waals surface area (Å²) in [5.41, 5.74) is 0.855. The zero-order valence-corrected chi connectivity index (χ0v) is 15.4. The van der Waals surface area contributed by atoms with Crippen molar-refractivity contribution in [1.29, 1.82) is 0 Å². The highest BCUT2D eigenvalue weighted by Crippen LogP contribution is 2.29. The van der Waals surface area contributed by atoms with Crippen LogP contribution in [0.15, 0.2) is 48.5 Å². The second-order valence-electron chi connectivity index (χ2n) is 5.95. The molecule has 0 spiro atoms. The predicted molar refractivity (Wildman–Crippen MR) is 99.5 cm³/mol. The monoisotopic (exact) mass is 372 g/mol. The molecule has 5 nitrogen and oxygen atoms in total. The van der Waals surface area contributed by atoms with Gasteiger partial charge in [0.05, 0.1) is 13.2 Å². The van der Waals surface area contributed by atoms with E-state index in [9.17, 15) is 14.0 Å². The molecule has 6 heteroatoms. The number of hydrogen-bond acceptors (Lipinski definition) is 5. The smallest absolute Gasteiger partial charge is 0.331 e. The molecule has 0 unspecified atom stereocenters. The Morgan fingerprint density at radius 2 is 1.89 bits per heavy atom. The van der Waals surface area contributed by atoms with Gasteiger partial charge in [-0.05, 0) is 49.8 Å². The third-order valence-corrected chi connectivity index (χ3v) is 3.45. The summed E-state index contributed by atoms with van der Waals surface area (Å²) in [6.45, 7) is 3.36. The normalized spacial score (nSPS) is 10.9. The summed E-state index contributed by atoms with van der Waals surface area (Å²) in [6.07, 6.45) is 2.75. The molecule has 0 N–H and O–H groups in total. The van der Waals surface area contributed by atoms with Gasteiger partial charge in [0.25, 0.3) is 0 Å². The van der Waals surface area contributed by atoms with Gasteiger partial charge in [0.1, 0.15) is 5.82 Å². The fourth-order valence-electron chi connectivity index (χ4n) is 2.23. The number of Topliss-reactive ketones (excluding diaryl/α,β-unsaturated/α-hetero) is 1. The molecule has 0 saturated heterocycles. The summed E-state index contributed by atoms with van der Waals surface area (Å²) in [5, 5.41) is 0. The van der Waals surface area contributed by atoms with E-state index >= 15 is 0 Å². The first-order chi connectivity index (χ1) is 12.9. The lowest BCUT2D eigenvalue weighted by atomic mass is 10.1. The standard InChI is InChI=1S/C21H21FO5/c1-14(2)27-19-9-7-15(11-20(19)25-3)8-10-21(24)26-13-18(23)16-5-4-6-17(22)12-16/h4-12,14H,13H2,1-3H3/b10-8+. The Morgan fingerprint density at radius 3 is 2.56 bits per heavy atom. The highest BCUT2D eigenvalue weighted by molar-refractivity contribution is 5.98. The molecule has 0 aromatic heterocycles. The van der Waals surface area contributed by atoms with Crippen LogP contribution in [0.5, 0.6) is 11.5 Å². The van der Waals surface area contributed by atoms with Crippen molar-refractivity contribution in [2.45, 2.75) is 20.0 Å². The van der Waals surface area contributed by atoms with Crippen LogP contribution in [0.2, 0.25) is 0 Å². The van der Waals surface area contributed by atoms with Crippen LogP contribution in [0, 0.1) is 5.82 Å². The summed E-state index contributed by atoms with van der Waals surface area (Å²) >= 11 is 0. The summed E-state index contributed by atoms with van der Waals surface area (Å²) in [4.78, 5) is 23.7. The Bertz CT molecular complexity index is 842. The molecule has 0 aliphatic carbocycles. The van der Waals surface area contributed by atoms with E-state index in [1.807, 2.05) is 13.8 Å². The molecule has 0 atom stereocenters. The largest absolute Gasteiger partial charge is 0.493 e. The molecule has 142 valence electrons. The van der Waals surface area contributed by atoms with Crippen LogP contribution in [0.3, 0.4) is 0 Å². The molecular weight excluding hydrogens is 351 g/mol. The fraction of sp³-hybridized carbons (Fsp3) is 0.238. The average molecular weight is 372 g/mol. The minimum atomic E-state index is -0.679. The molecule has 0 heterocycles. The maximum Gasteiger partial charge on any atom is 0.331 e. The number of methoxy groups -OCH3 is 1. The predicted octanol–water partition coefficient (Wildman–Crippen LogP) is 4.06. The van der Waals surface area contributed by atoms with Crippen LogP contribution < -0.4 is 9.47 Å². The number of halogens is 1. The Hall–Kier alpha value is -3.15. The van der Waals surface area contributed by atoms with E-state index in [0.717, 1.165) is 6.07 Å². The van der Waals surface area contributed by atoms with E-state index in [1.54, 1.807) is 18.2 Å². The number of ether oxygens (including phenoxy) is 3. The van der Waals surface area contributed by atoms with Gasteiger partial charge in [-0.25, -0.2) is 9.18 Å². The third kappa shape index (κ3) is 6.26. The highest BCUT2D eigenvalue weighted by Gasteiger charge is 2.10. The first-order valence-electron chi connectivity index (χ1n) is 8.37. The molecule has 2 aromatic rings. The molecule has 0 radical (unpaired) electrons. The first kappa shape index (κ1) is 20.2. The minimum Gasteiger partial charge on any atom is -0.493 e. The molecule has 2 rings (SSSR count). The van der Waals surface area contributed by atoms with Gasteiger partial charge in [-0.2, -0.15) is 0 Å². The van der Waals surface area contributed by atoms with Crippen molar-refractivity contribution in [3.05, 3.63) is 65.5 Å². The fourth-order valence-corrected chi connectivity index (χ4v) is 2.23. The van der Waals surface area contributed by atoms with Crippen LogP contribution in [0.4, 0.5) is 4.39 Å². The number of rotatable bonds is 8. The topological polar surface area (TPSA) is 61.8 Å². The van der Waals surface area contributed by atoms with Crippen LogP contribution in [0.1, 0.15) is 29.8 Å². The van der Waals surface area contributed by atoms with Gasteiger partial charge in [-0.15, -0.1) is 0 Å². The SMILES string of the molecule is COc1cc(/C=C/C(=O)OCC(=O)c2cccc(F)c2)ccc1OC(C)C. The molecule has 2 aromatic carbocycles. The van der Waals surface area contributed by atoms with Crippen LogP contribution in [-0.2, 0) is 9.53 Å². The minimum absolute atomic E-state index is 0.00546. The molecule has 0 saturated carbocycles. The lowest BCUT2D eigenvalue weighted by molar-refractivity contribution is -0.136. The average Bonchev–Trinajstić information content (AvgIpc) is 2.64. The molecule has 0 amide bonds. The van der Waals surface area contributed by atoms with Crippen LogP contribution in [0.25, 0.3) is 6.08 Å². The summed E-state index contributed by atoms with van der Waals surface area (Å²) in [5.74, 6) is -0.534. The quantitative estimate of drug-likeness (QED) is 0.397. The van der Waals surface area contributed by atoms with E-state index in [-0.39, 0.29) is 11.7 Å². The number of hydrogen-bond donors (Lipinski definition) is 0. The zero-order valence-electron chi connectivity index (χ0n) is 15.4. The Labute approximate surface area is 157 Å². The maximum absolute atomic E-state index is 13.1. The molecule has 0 aliphatic heterocycles. The van der Waals surface area contributed by atoms with Crippen LogP contribution >= 0.6 is 0 Å². The van der Waals surface area contributed by atoms with Crippen molar-refractivity contribution in [1.82, 2.24) is 0 Å². The van der Waals surface area contributed by atoms with E-state index < -0.39 is 24.2 Å². The second kappa shape index (κ2) is 9.52. The number of carbonyl (C=O) groups is 2. The molecule has 0 bridgehead atoms. The maximum atomic E-state index is 13.1. The van der Waals surface area contributed by atoms with E-state index in [1.165, 1.54) is 37.5 Å². The lowest BCUT2D eigenvalue weighted by Crippen LogP contribution is -2.12. The lowest BCUT2D eigenvalue weighted by Gasteiger charge is -2.13. The van der Waals surface area contributed by atoms with Crippen molar-refractivity contribution >= 4 is 17.8 Å². The van der Waals surface area contributed by atoms with Crippen molar-refractivity contribution in [3.63, 3.8) is 0 Å². The first-order valence-corrected chi connectivity index (χ1v) is 8.37. The van der Waals surface area contributed by atoms with Gasteiger partial charge < -0.3 is 14.2 Å². The molecule has 27 heavy (non-hydrogen) atoms. The van der Waals surface area contributed by atoms with E-state index in [2.05, 4.69) is 0 Å². The Balaban J connectivity index is 1.95. The van der Waals surface area contributed by atoms with Gasteiger partial charge in [-0.3, -0.25) is 4.79 Å². The number of esters is 1. The van der Waals surface area contributed by atoms with Gasteiger partial charge in [0.2, 0.25) is 0 Å². The van der Waals surface area contributed by atoms with Gasteiger partial charge in [-0.1, -0.05) is 18.2 Å². The van der Waals surface area contributed by atoms with Crippen molar-refractivity contribution in [2.75, 3.05) is 13.7 Å². The summed E-state index contributed by atoms with van der Waals surface area (Å²) < 4.78 is 28.9. The van der Waals surface area contributed by atoms with E-state index in [4.69, 9.17) is 14.2 Å². The Kier molecular flexibility index (Phi) is 7.11. The zero-order chi connectivity index (χ0) is 19.8. The van der Waals surface area contributed by atoms with Crippen LogP contribution in [-0.4, -0.2) is 31.6 Å². The van der Waals surface area contributed by atoms with Crippen molar-refractivity contribution in [3.8, 4) is 11.5 Å². The Morgan fingerprint density at radius 1 is 1.11 bits per heavy atom. The van der Waals surface area contributed by atoms with Gasteiger partial charge in [0.15, 0.2) is 23.9 Å².